The number of benzene rings is 1. The molecule has 0 spiro atoms. The Bertz CT molecular complexity index is 580. The number of hydrogen-bond acceptors (Lipinski definition) is 3. The number of aryl methyl sites for hydroxylation is 1. The van der Waals surface area contributed by atoms with E-state index in [0.717, 1.165) is 17.0 Å². The minimum absolute atomic E-state index is 0.127. The Morgan fingerprint density at radius 2 is 2.26 bits per heavy atom. The molecule has 3 heteroatoms. The topological polar surface area (TPSA) is 50.4 Å². The predicted molar refractivity (Wildman–Crippen MR) is 82.6 cm³/mol. The number of allylic oxidation sites excluding steroid dienone is 1. The molecular weight excluding hydrogens is 234 g/mol. The van der Waals surface area contributed by atoms with Crippen LogP contribution in [0.25, 0.3) is 12.2 Å². The molecular formula is C16H19N3. The van der Waals surface area contributed by atoms with Gasteiger partial charge in [-0.25, -0.2) is 0 Å². The first-order valence-electron chi connectivity index (χ1n) is 6.28. The van der Waals surface area contributed by atoms with Crippen molar-refractivity contribution in [1.29, 1.82) is 0 Å². The molecule has 1 unspecified atom stereocenters. The molecule has 0 amide bonds. The molecule has 19 heavy (non-hydrogen) atoms. The van der Waals surface area contributed by atoms with E-state index in [4.69, 9.17) is 5.73 Å². The van der Waals surface area contributed by atoms with Crippen LogP contribution in [0.4, 0.5) is 0 Å². The Labute approximate surface area is 114 Å². The Balaban J connectivity index is 2.10. The molecule has 0 aromatic heterocycles. The monoisotopic (exact) mass is 253 g/mol. The molecule has 98 valence electrons. The third-order valence-corrected chi connectivity index (χ3v) is 3.07. The Morgan fingerprint density at radius 3 is 2.79 bits per heavy atom. The molecule has 0 saturated heterocycles. The molecule has 2 rings (SSSR count). The van der Waals surface area contributed by atoms with Crippen molar-refractivity contribution in [3.8, 4) is 0 Å². The Kier molecular flexibility index (Phi) is 3.97. The average Bonchev–Trinajstić information content (AvgIpc) is 2.41. The molecule has 1 aromatic rings. The van der Waals surface area contributed by atoms with Crippen LogP contribution < -0.4 is 11.1 Å². The Morgan fingerprint density at radius 1 is 1.47 bits per heavy atom. The number of rotatable bonds is 4. The average molecular weight is 253 g/mol. The van der Waals surface area contributed by atoms with Gasteiger partial charge >= 0.3 is 0 Å². The molecule has 3 nitrogen and oxygen atoms in total. The van der Waals surface area contributed by atoms with Crippen LogP contribution in [0, 0.1) is 6.92 Å². The lowest BCUT2D eigenvalue weighted by atomic mass is 10.0. The summed E-state index contributed by atoms with van der Waals surface area (Å²) in [4.78, 5) is 4.42. The largest absolute Gasteiger partial charge is 0.369 e. The maximum atomic E-state index is 5.71. The van der Waals surface area contributed by atoms with Gasteiger partial charge in [0.1, 0.15) is 6.17 Å². The zero-order chi connectivity index (χ0) is 13.8. The molecule has 1 aliphatic heterocycles. The zero-order valence-electron chi connectivity index (χ0n) is 11.4. The number of nitrogens with zero attached hydrogens (tertiary/aromatic N) is 1. The number of nitrogens with two attached hydrogens (primary N) is 1. The van der Waals surface area contributed by atoms with Gasteiger partial charge in [-0.1, -0.05) is 36.9 Å². The molecule has 0 aliphatic carbocycles. The number of nitrogens with one attached hydrogen (secondary N) is 1. The van der Waals surface area contributed by atoms with E-state index < -0.39 is 0 Å². The second-order valence-electron chi connectivity index (χ2n) is 4.62. The minimum Gasteiger partial charge on any atom is -0.369 e. The summed E-state index contributed by atoms with van der Waals surface area (Å²) in [5, 5.41) is 2.93. The van der Waals surface area contributed by atoms with Gasteiger partial charge < -0.3 is 11.1 Å². The van der Waals surface area contributed by atoms with Crippen molar-refractivity contribution in [1.82, 2.24) is 5.32 Å². The van der Waals surface area contributed by atoms with Gasteiger partial charge in [0, 0.05) is 11.9 Å². The lowest BCUT2D eigenvalue weighted by Gasteiger charge is -2.21. The summed E-state index contributed by atoms with van der Waals surface area (Å²) in [6.45, 7) is 7.84. The zero-order valence-corrected chi connectivity index (χ0v) is 11.4. The van der Waals surface area contributed by atoms with E-state index in [1.165, 1.54) is 11.1 Å². The molecule has 1 aliphatic rings. The van der Waals surface area contributed by atoms with Crippen molar-refractivity contribution < 1.29 is 0 Å². The predicted octanol–water partition coefficient (Wildman–Crippen LogP) is 2.84. The quantitative estimate of drug-likeness (QED) is 0.811. The SMILES string of the molecule is C=Cc1ccc(/C=C/C(C)=NC2=CNC2N)cc1C. The van der Waals surface area contributed by atoms with Crippen LogP contribution in [0.15, 0.2) is 47.7 Å². The summed E-state index contributed by atoms with van der Waals surface area (Å²) >= 11 is 0. The summed E-state index contributed by atoms with van der Waals surface area (Å²) < 4.78 is 0. The van der Waals surface area contributed by atoms with E-state index in [0.29, 0.717) is 0 Å². The van der Waals surface area contributed by atoms with E-state index in [1.54, 1.807) is 0 Å². The van der Waals surface area contributed by atoms with E-state index in [1.807, 2.05) is 25.3 Å². The van der Waals surface area contributed by atoms with Crippen molar-refractivity contribution in [2.24, 2.45) is 10.7 Å². The first-order chi connectivity index (χ1) is 9.10. The van der Waals surface area contributed by atoms with Crippen molar-refractivity contribution in [2.45, 2.75) is 20.0 Å². The van der Waals surface area contributed by atoms with E-state index in [2.05, 4.69) is 48.1 Å². The van der Waals surface area contributed by atoms with E-state index in [9.17, 15) is 0 Å². The number of aliphatic imine (C=N–C) groups is 1. The maximum absolute atomic E-state index is 5.71. The third-order valence-electron chi connectivity index (χ3n) is 3.07. The van der Waals surface area contributed by atoms with Crippen LogP contribution in [0.2, 0.25) is 0 Å². The summed E-state index contributed by atoms with van der Waals surface area (Å²) in [6, 6.07) is 6.28. The smallest absolute Gasteiger partial charge is 0.119 e. The molecule has 1 atom stereocenters. The normalized spacial score (nSPS) is 18.8. The van der Waals surface area contributed by atoms with Crippen LogP contribution in [0.1, 0.15) is 23.6 Å². The minimum atomic E-state index is -0.127. The molecule has 0 bridgehead atoms. The standard InChI is InChI=1S/C16H19N3/c1-4-14-8-7-13(9-11(14)2)6-5-12(3)19-15-10-18-16(15)17/h4-10,16,18H,1,17H2,2-3H3/b6-5+,19-12?. The fourth-order valence-corrected chi connectivity index (χ4v) is 1.85. The van der Waals surface area contributed by atoms with E-state index in [-0.39, 0.29) is 6.17 Å². The molecule has 0 fully saturated rings. The van der Waals surface area contributed by atoms with Gasteiger partial charge in [-0.05, 0) is 36.6 Å². The second-order valence-corrected chi connectivity index (χ2v) is 4.62. The van der Waals surface area contributed by atoms with Crippen molar-refractivity contribution in [3.63, 3.8) is 0 Å². The maximum Gasteiger partial charge on any atom is 0.119 e. The van der Waals surface area contributed by atoms with Crippen LogP contribution in [0.5, 0.6) is 0 Å². The van der Waals surface area contributed by atoms with E-state index >= 15 is 0 Å². The highest BCUT2D eigenvalue weighted by atomic mass is 15.1. The van der Waals surface area contributed by atoms with Crippen molar-refractivity contribution in [2.75, 3.05) is 0 Å². The highest BCUT2D eigenvalue weighted by molar-refractivity contribution is 5.97. The van der Waals surface area contributed by atoms with Gasteiger partial charge in [-0.3, -0.25) is 4.99 Å². The van der Waals surface area contributed by atoms with Crippen LogP contribution >= 0.6 is 0 Å². The first kappa shape index (κ1) is 13.3. The molecule has 0 radical (unpaired) electrons. The fraction of sp³-hybridized carbons (Fsp3) is 0.188. The Hall–Kier alpha value is -2.13. The summed E-state index contributed by atoms with van der Waals surface area (Å²) in [7, 11) is 0. The van der Waals surface area contributed by atoms with Gasteiger partial charge in [0.15, 0.2) is 0 Å². The van der Waals surface area contributed by atoms with Gasteiger partial charge in [-0.15, -0.1) is 0 Å². The van der Waals surface area contributed by atoms with Gasteiger partial charge in [-0.2, -0.15) is 0 Å². The molecule has 0 saturated carbocycles. The highest BCUT2D eigenvalue weighted by Gasteiger charge is 2.14. The van der Waals surface area contributed by atoms with Gasteiger partial charge in [0.25, 0.3) is 0 Å². The third kappa shape index (κ3) is 3.20. The molecule has 1 aromatic carbocycles. The molecule has 3 N–H and O–H groups in total. The van der Waals surface area contributed by atoms with Crippen LogP contribution in [-0.4, -0.2) is 11.9 Å². The lowest BCUT2D eigenvalue weighted by Crippen LogP contribution is -2.43. The summed E-state index contributed by atoms with van der Waals surface area (Å²) in [5.74, 6) is 0. The van der Waals surface area contributed by atoms with Gasteiger partial charge in [0.2, 0.25) is 0 Å². The highest BCUT2D eigenvalue weighted by Crippen LogP contribution is 2.14. The molecule has 1 heterocycles. The van der Waals surface area contributed by atoms with Crippen LogP contribution in [0.3, 0.4) is 0 Å². The van der Waals surface area contributed by atoms with Crippen molar-refractivity contribution >= 4 is 17.9 Å². The first-order valence-corrected chi connectivity index (χ1v) is 6.28. The lowest BCUT2D eigenvalue weighted by molar-refractivity contribution is 0.613. The number of hydrogen-bond donors (Lipinski definition) is 2. The van der Waals surface area contributed by atoms with Crippen molar-refractivity contribution in [3.05, 3.63) is 59.4 Å². The van der Waals surface area contributed by atoms with Gasteiger partial charge in [0.05, 0.1) is 5.70 Å². The fourth-order valence-electron chi connectivity index (χ4n) is 1.85. The van der Waals surface area contributed by atoms with Crippen LogP contribution in [-0.2, 0) is 0 Å². The second kappa shape index (κ2) is 5.67. The summed E-state index contributed by atoms with van der Waals surface area (Å²) in [6.07, 6.45) is 7.61. The summed E-state index contributed by atoms with van der Waals surface area (Å²) in [5.41, 5.74) is 11.1.